The van der Waals surface area contributed by atoms with E-state index >= 15 is 0 Å². The summed E-state index contributed by atoms with van der Waals surface area (Å²) in [6.07, 6.45) is -3.34. The first-order chi connectivity index (χ1) is 21.2. The predicted octanol–water partition coefficient (Wildman–Crippen LogP) is 5.90. The van der Waals surface area contributed by atoms with Crippen LogP contribution in [0.25, 0.3) is 11.1 Å². The van der Waals surface area contributed by atoms with E-state index in [1.807, 2.05) is 83.0 Å². The second kappa shape index (κ2) is 13.8. The van der Waals surface area contributed by atoms with Gasteiger partial charge in [-0.3, -0.25) is 9.69 Å². The molecule has 1 heterocycles. The van der Waals surface area contributed by atoms with Crippen LogP contribution >= 0.6 is 0 Å². The molecule has 1 aliphatic carbocycles. The number of hydrogen-bond donors (Lipinski definition) is 1. The summed E-state index contributed by atoms with van der Waals surface area (Å²) in [6.45, 7) is 2.75. The SMILES string of the molecule is COCc1ccc(CC(=O)N2CCN(CCCCC3(OC(=O)NCC(F)(F)F)c4ccccc4-c4ccccc43)CC2)cc1. The van der Waals surface area contributed by atoms with Crippen molar-refractivity contribution in [3.8, 4) is 11.1 Å². The molecule has 0 radical (unpaired) electrons. The molecule has 1 fully saturated rings. The summed E-state index contributed by atoms with van der Waals surface area (Å²) >= 11 is 0. The number of ether oxygens (including phenoxy) is 2. The Bertz CT molecular complexity index is 1390. The molecule has 0 atom stereocenters. The third kappa shape index (κ3) is 7.42. The van der Waals surface area contributed by atoms with Gasteiger partial charge in [-0.25, -0.2) is 4.79 Å². The lowest BCUT2D eigenvalue weighted by molar-refractivity contribution is -0.132. The maximum absolute atomic E-state index is 12.9. The Morgan fingerprint density at radius 1 is 0.841 bits per heavy atom. The van der Waals surface area contributed by atoms with E-state index in [1.54, 1.807) is 7.11 Å². The fraction of sp³-hybridized carbons (Fsp3) is 0.412. The Labute approximate surface area is 255 Å². The highest BCUT2D eigenvalue weighted by Gasteiger charge is 2.46. The highest BCUT2D eigenvalue weighted by atomic mass is 19.4. The van der Waals surface area contributed by atoms with Crippen molar-refractivity contribution in [2.45, 2.75) is 44.1 Å². The highest BCUT2D eigenvalue weighted by molar-refractivity contribution is 5.82. The third-order valence-corrected chi connectivity index (χ3v) is 8.38. The van der Waals surface area contributed by atoms with E-state index in [1.165, 1.54) is 0 Å². The first-order valence-corrected chi connectivity index (χ1v) is 15.0. The molecule has 0 spiro atoms. The zero-order valence-corrected chi connectivity index (χ0v) is 24.9. The molecular formula is C34H38F3N3O4. The van der Waals surface area contributed by atoms with Crippen molar-refractivity contribution in [2.75, 3.05) is 46.4 Å². The standard InChI is InChI=1S/C34H38F3N3O4/c1-43-23-26-14-12-25(13-15-26)22-31(41)40-20-18-39(19-21-40)17-7-6-16-33(44-32(42)38-24-34(35,36)37)29-10-4-2-8-27(29)28-9-3-5-11-30(28)33/h2-5,8-15H,6-7,16-24H2,1H3,(H,38,42). The van der Waals surface area contributed by atoms with Crippen LogP contribution in [0.15, 0.2) is 72.8 Å². The van der Waals surface area contributed by atoms with Crippen LogP contribution in [0.1, 0.15) is 41.5 Å². The number of alkyl carbamates (subject to hydrolysis) is 1. The van der Waals surface area contributed by atoms with Gasteiger partial charge in [-0.1, -0.05) is 72.8 Å². The molecule has 1 aliphatic heterocycles. The number of rotatable bonds is 11. The second-order valence-electron chi connectivity index (χ2n) is 11.4. The van der Waals surface area contributed by atoms with Crippen molar-refractivity contribution < 1.29 is 32.2 Å². The fourth-order valence-corrected chi connectivity index (χ4v) is 6.22. The van der Waals surface area contributed by atoms with Crippen molar-refractivity contribution in [3.63, 3.8) is 0 Å². The molecule has 3 aromatic carbocycles. The number of benzene rings is 3. The van der Waals surface area contributed by atoms with Gasteiger partial charge in [-0.15, -0.1) is 0 Å². The van der Waals surface area contributed by atoms with Crippen LogP contribution in [-0.4, -0.2) is 74.4 Å². The first kappa shape index (κ1) is 31.5. The van der Waals surface area contributed by atoms with Crippen LogP contribution < -0.4 is 5.32 Å². The number of nitrogens with one attached hydrogen (secondary N) is 1. The number of carbonyl (C=O) groups is 2. The smallest absolute Gasteiger partial charge is 0.408 e. The number of piperazine rings is 1. The summed E-state index contributed by atoms with van der Waals surface area (Å²) < 4.78 is 49.6. The number of hydrogen-bond acceptors (Lipinski definition) is 5. The average molecular weight is 610 g/mol. The van der Waals surface area contributed by atoms with E-state index in [4.69, 9.17) is 9.47 Å². The molecule has 1 N–H and O–H groups in total. The van der Waals surface area contributed by atoms with Crippen LogP contribution in [0, 0.1) is 0 Å². The zero-order valence-electron chi connectivity index (χ0n) is 24.9. The summed E-state index contributed by atoms with van der Waals surface area (Å²) in [7, 11) is 1.66. The molecule has 234 valence electrons. The van der Waals surface area contributed by atoms with Crippen LogP contribution in [-0.2, 0) is 32.9 Å². The number of nitrogens with zero attached hydrogens (tertiary/aromatic N) is 2. The van der Waals surface area contributed by atoms with Crippen LogP contribution in [0.3, 0.4) is 0 Å². The van der Waals surface area contributed by atoms with Crippen molar-refractivity contribution in [1.29, 1.82) is 0 Å². The number of unbranched alkanes of at least 4 members (excludes halogenated alkanes) is 1. The van der Waals surface area contributed by atoms with Gasteiger partial charge < -0.3 is 19.7 Å². The average Bonchev–Trinajstić information content (AvgIpc) is 3.29. The molecule has 1 saturated heterocycles. The van der Waals surface area contributed by atoms with Gasteiger partial charge in [0.15, 0.2) is 5.60 Å². The van der Waals surface area contributed by atoms with Crippen molar-refractivity contribution >= 4 is 12.0 Å². The Balaban J connectivity index is 1.17. The van der Waals surface area contributed by atoms with E-state index in [2.05, 4.69) is 4.90 Å². The fourth-order valence-electron chi connectivity index (χ4n) is 6.22. The van der Waals surface area contributed by atoms with E-state index < -0.39 is 24.4 Å². The monoisotopic (exact) mass is 609 g/mol. The highest BCUT2D eigenvalue weighted by Crippen LogP contribution is 2.52. The Kier molecular flexibility index (Phi) is 9.90. The van der Waals surface area contributed by atoms with Crippen molar-refractivity contribution in [2.24, 2.45) is 0 Å². The molecule has 0 saturated carbocycles. The summed E-state index contributed by atoms with van der Waals surface area (Å²) in [4.78, 5) is 29.8. The quantitative estimate of drug-likeness (QED) is 0.274. The molecule has 2 amide bonds. The molecule has 0 aromatic heterocycles. The summed E-state index contributed by atoms with van der Waals surface area (Å²) in [5.41, 5.74) is 4.26. The Hall–Kier alpha value is -3.89. The van der Waals surface area contributed by atoms with Crippen LogP contribution in [0.5, 0.6) is 0 Å². The number of fused-ring (bicyclic) bond motifs is 3. The van der Waals surface area contributed by atoms with E-state index in [9.17, 15) is 22.8 Å². The van der Waals surface area contributed by atoms with Gasteiger partial charge in [0.2, 0.25) is 5.91 Å². The maximum Gasteiger partial charge on any atom is 0.408 e. The minimum Gasteiger partial charge on any atom is -0.433 e. The lowest BCUT2D eigenvalue weighted by Gasteiger charge is -2.35. The lowest BCUT2D eigenvalue weighted by atomic mass is 9.86. The summed E-state index contributed by atoms with van der Waals surface area (Å²) in [5.74, 6) is 0.116. The Morgan fingerprint density at radius 2 is 1.43 bits per heavy atom. The molecule has 0 bridgehead atoms. The second-order valence-corrected chi connectivity index (χ2v) is 11.4. The van der Waals surface area contributed by atoms with Crippen molar-refractivity contribution in [3.05, 3.63) is 95.1 Å². The molecule has 5 rings (SSSR count). The van der Waals surface area contributed by atoms with Crippen molar-refractivity contribution in [1.82, 2.24) is 15.1 Å². The zero-order chi connectivity index (χ0) is 31.2. The molecule has 44 heavy (non-hydrogen) atoms. The van der Waals surface area contributed by atoms with E-state index in [0.29, 0.717) is 39.0 Å². The molecule has 10 heteroatoms. The number of carbonyl (C=O) groups excluding carboxylic acids is 2. The van der Waals surface area contributed by atoms with Gasteiger partial charge in [0.1, 0.15) is 6.54 Å². The lowest BCUT2D eigenvalue weighted by Crippen LogP contribution is -2.49. The molecule has 7 nitrogen and oxygen atoms in total. The van der Waals surface area contributed by atoms with Gasteiger partial charge in [0.25, 0.3) is 0 Å². The third-order valence-electron chi connectivity index (χ3n) is 8.38. The normalized spacial score (nSPS) is 15.9. The van der Waals surface area contributed by atoms with Gasteiger partial charge in [0.05, 0.1) is 13.0 Å². The molecule has 3 aromatic rings. The number of halogens is 3. The minimum atomic E-state index is -4.54. The van der Waals surface area contributed by atoms with Crippen LogP contribution in [0.4, 0.5) is 18.0 Å². The van der Waals surface area contributed by atoms with E-state index in [0.717, 1.165) is 59.4 Å². The minimum absolute atomic E-state index is 0.116. The summed E-state index contributed by atoms with van der Waals surface area (Å²) in [6, 6.07) is 23.1. The molecule has 2 aliphatic rings. The number of amides is 2. The van der Waals surface area contributed by atoms with Gasteiger partial charge in [-0.05, 0) is 48.1 Å². The maximum atomic E-state index is 12.9. The number of methoxy groups -OCH3 is 1. The van der Waals surface area contributed by atoms with Gasteiger partial charge in [-0.2, -0.15) is 13.2 Å². The topological polar surface area (TPSA) is 71.1 Å². The largest absolute Gasteiger partial charge is 0.433 e. The van der Waals surface area contributed by atoms with Crippen LogP contribution in [0.2, 0.25) is 0 Å². The predicted molar refractivity (Wildman–Crippen MR) is 161 cm³/mol. The number of alkyl halides is 3. The molecule has 0 unspecified atom stereocenters. The Morgan fingerprint density at radius 3 is 2.02 bits per heavy atom. The summed E-state index contributed by atoms with van der Waals surface area (Å²) in [5, 5.41) is 1.88. The van der Waals surface area contributed by atoms with Gasteiger partial charge in [0, 0.05) is 44.4 Å². The van der Waals surface area contributed by atoms with Gasteiger partial charge >= 0.3 is 12.3 Å². The van der Waals surface area contributed by atoms with E-state index in [-0.39, 0.29) is 5.91 Å². The first-order valence-electron chi connectivity index (χ1n) is 15.0. The molecular weight excluding hydrogens is 571 g/mol.